The van der Waals surface area contributed by atoms with Crippen molar-refractivity contribution in [3.63, 3.8) is 0 Å². The van der Waals surface area contributed by atoms with Gasteiger partial charge in [0.2, 0.25) is 10.0 Å². The first-order chi connectivity index (χ1) is 9.23. The molecule has 2 N–H and O–H groups in total. The lowest BCUT2D eigenvalue weighted by Gasteiger charge is -2.17. The molecule has 1 fully saturated rings. The second kappa shape index (κ2) is 5.04. The van der Waals surface area contributed by atoms with Gasteiger partial charge in [-0.2, -0.15) is 0 Å². The van der Waals surface area contributed by atoms with Crippen molar-refractivity contribution in [2.75, 3.05) is 14.1 Å². The molecular formula is C11H12ClN3O4S. The molecule has 0 aromatic heterocycles. The van der Waals surface area contributed by atoms with Gasteiger partial charge in [-0.15, -0.1) is 0 Å². The Morgan fingerprint density at radius 2 is 1.90 bits per heavy atom. The normalized spacial score (nSPS) is 19.1. The fourth-order valence-electron chi connectivity index (χ4n) is 1.81. The van der Waals surface area contributed by atoms with Crippen molar-refractivity contribution in [1.82, 2.24) is 14.9 Å². The fourth-order valence-corrected chi connectivity index (χ4v) is 3.10. The zero-order valence-electron chi connectivity index (χ0n) is 10.7. The van der Waals surface area contributed by atoms with E-state index in [0.29, 0.717) is 0 Å². The molecule has 9 heteroatoms. The van der Waals surface area contributed by atoms with Crippen molar-refractivity contribution < 1.29 is 18.0 Å². The van der Waals surface area contributed by atoms with E-state index in [1.807, 2.05) is 0 Å². The number of imide groups is 1. The summed E-state index contributed by atoms with van der Waals surface area (Å²) in [6.45, 7) is 0. The Kier molecular flexibility index (Phi) is 3.72. The summed E-state index contributed by atoms with van der Waals surface area (Å²) >= 11 is 5.86. The first-order valence-electron chi connectivity index (χ1n) is 5.57. The third-order valence-electron chi connectivity index (χ3n) is 2.82. The molecule has 3 amide bonds. The number of rotatable bonds is 3. The third-order valence-corrected chi connectivity index (χ3v) is 4.94. The maximum Gasteiger partial charge on any atom is 0.322 e. The van der Waals surface area contributed by atoms with Gasteiger partial charge < -0.3 is 5.32 Å². The molecule has 1 atom stereocenters. The highest BCUT2D eigenvalue weighted by molar-refractivity contribution is 7.89. The van der Waals surface area contributed by atoms with Crippen LogP contribution in [0.1, 0.15) is 11.6 Å². The molecular weight excluding hydrogens is 306 g/mol. The quantitative estimate of drug-likeness (QED) is 0.792. The minimum absolute atomic E-state index is 0.0748. The molecule has 0 saturated carbocycles. The van der Waals surface area contributed by atoms with Crippen LogP contribution < -0.4 is 10.6 Å². The largest absolute Gasteiger partial charge is 0.322 e. The Labute approximate surface area is 120 Å². The highest BCUT2D eigenvalue weighted by Crippen LogP contribution is 2.29. The van der Waals surface area contributed by atoms with Crippen molar-refractivity contribution in [1.29, 1.82) is 0 Å². The minimum Gasteiger partial charge on any atom is -0.322 e. The number of benzene rings is 1. The van der Waals surface area contributed by atoms with Crippen molar-refractivity contribution in [3.8, 4) is 0 Å². The summed E-state index contributed by atoms with van der Waals surface area (Å²) in [5.74, 6) is -0.618. The topological polar surface area (TPSA) is 95.6 Å². The molecule has 0 radical (unpaired) electrons. The number of hydrogen-bond donors (Lipinski definition) is 2. The predicted molar refractivity (Wildman–Crippen MR) is 71.7 cm³/mol. The average Bonchev–Trinajstić information content (AvgIpc) is 2.67. The Morgan fingerprint density at radius 1 is 1.25 bits per heavy atom. The van der Waals surface area contributed by atoms with Crippen LogP contribution in [0.3, 0.4) is 0 Å². The van der Waals surface area contributed by atoms with Crippen molar-refractivity contribution in [2.24, 2.45) is 0 Å². The third kappa shape index (κ3) is 2.49. The molecule has 1 aliphatic heterocycles. The van der Waals surface area contributed by atoms with Gasteiger partial charge in [0, 0.05) is 24.7 Å². The molecule has 0 aliphatic carbocycles. The van der Waals surface area contributed by atoms with Crippen molar-refractivity contribution in [3.05, 3.63) is 28.8 Å². The van der Waals surface area contributed by atoms with Crippen LogP contribution in [0.5, 0.6) is 0 Å². The number of carbonyl (C=O) groups is 2. The van der Waals surface area contributed by atoms with Crippen LogP contribution in [0, 0.1) is 0 Å². The molecule has 1 aromatic carbocycles. The number of urea groups is 1. The molecule has 1 saturated heterocycles. The Balaban J connectivity index is 2.61. The van der Waals surface area contributed by atoms with Crippen LogP contribution >= 0.6 is 11.6 Å². The Bertz CT molecular complexity index is 687. The monoisotopic (exact) mass is 317 g/mol. The van der Waals surface area contributed by atoms with Crippen LogP contribution in [0.4, 0.5) is 4.79 Å². The van der Waals surface area contributed by atoms with E-state index in [1.54, 1.807) is 0 Å². The van der Waals surface area contributed by atoms with Crippen molar-refractivity contribution in [2.45, 2.75) is 10.9 Å². The van der Waals surface area contributed by atoms with E-state index in [9.17, 15) is 18.0 Å². The second-order valence-electron chi connectivity index (χ2n) is 4.37. The Hall–Kier alpha value is -1.64. The zero-order chi connectivity index (χ0) is 15.1. The standard InChI is InChI=1S/C11H12ClN3O4S/c1-15(2)20(18,19)8-4-3-6(12)5-7(8)9-10(16)14-11(17)13-9/h3-5,9H,1-2H3,(H2,13,14,16,17). The van der Waals surface area contributed by atoms with Crippen LogP contribution in [-0.4, -0.2) is 38.8 Å². The molecule has 0 bridgehead atoms. The maximum atomic E-state index is 12.2. The summed E-state index contributed by atoms with van der Waals surface area (Å²) in [6, 6.07) is 2.33. The number of nitrogens with zero attached hydrogens (tertiary/aromatic N) is 1. The minimum atomic E-state index is -3.76. The summed E-state index contributed by atoms with van der Waals surface area (Å²) in [5, 5.41) is 4.68. The molecule has 1 heterocycles. The Morgan fingerprint density at radius 3 is 2.40 bits per heavy atom. The SMILES string of the molecule is CN(C)S(=O)(=O)c1ccc(Cl)cc1C1NC(=O)NC1=O. The van der Waals surface area contributed by atoms with Crippen molar-refractivity contribution >= 4 is 33.6 Å². The van der Waals surface area contributed by atoms with Crippen LogP contribution in [-0.2, 0) is 14.8 Å². The van der Waals surface area contributed by atoms with Gasteiger partial charge in [-0.05, 0) is 18.2 Å². The van der Waals surface area contributed by atoms with Gasteiger partial charge >= 0.3 is 6.03 Å². The van der Waals surface area contributed by atoms with Crippen LogP contribution in [0.25, 0.3) is 0 Å². The first-order valence-corrected chi connectivity index (χ1v) is 7.38. The summed E-state index contributed by atoms with van der Waals surface area (Å²) < 4.78 is 25.5. The van der Waals surface area contributed by atoms with Gasteiger partial charge in [0.25, 0.3) is 5.91 Å². The second-order valence-corrected chi connectivity index (χ2v) is 6.92. The van der Waals surface area contributed by atoms with E-state index in [-0.39, 0.29) is 15.5 Å². The smallest absolute Gasteiger partial charge is 0.322 e. The van der Waals surface area contributed by atoms with Crippen LogP contribution in [0.15, 0.2) is 23.1 Å². The number of carbonyl (C=O) groups excluding carboxylic acids is 2. The first kappa shape index (κ1) is 14.8. The molecule has 20 heavy (non-hydrogen) atoms. The maximum absolute atomic E-state index is 12.2. The summed E-state index contributed by atoms with van der Waals surface area (Å²) in [6.07, 6.45) is 0. The summed E-state index contributed by atoms with van der Waals surface area (Å²) in [5.41, 5.74) is 0.134. The molecule has 7 nitrogen and oxygen atoms in total. The lowest BCUT2D eigenvalue weighted by Crippen LogP contribution is -2.27. The van der Waals surface area contributed by atoms with Gasteiger partial charge in [-0.3, -0.25) is 10.1 Å². The van der Waals surface area contributed by atoms with Crippen LogP contribution in [0.2, 0.25) is 5.02 Å². The van der Waals surface area contributed by atoms with Gasteiger partial charge in [0.1, 0.15) is 6.04 Å². The highest BCUT2D eigenvalue weighted by Gasteiger charge is 2.35. The molecule has 108 valence electrons. The van der Waals surface area contributed by atoms with Gasteiger partial charge in [0.05, 0.1) is 4.90 Å². The lowest BCUT2D eigenvalue weighted by atomic mass is 10.1. The predicted octanol–water partition coefficient (Wildman–Crippen LogP) is 0.471. The fraction of sp³-hybridized carbons (Fsp3) is 0.273. The van der Waals surface area contributed by atoms with Gasteiger partial charge in [-0.1, -0.05) is 11.6 Å². The molecule has 2 rings (SSSR count). The van der Waals surface area contributed by atoms with E-state index in [1.165, 1.54) is 32.3 Å². The van der Waals surface area contributed by atoms with E-state index in [0.717, 1.165) is 4.31 Å². The zero-order valence-corrected chi connectivity index (χ0v) is 12.2. The number of halogens is 1. The van der Waals surface area contributed by atoms with Gasteiger partial charge in [0.15, 0.2) is 0 Å². The van der Waals surface area contributed by atoms with Gasteiger partial charge in [-0.25, -0.2) is 17.5 Å². The lowest BCUT2D eigenvalue weighted by molar-refractivity contribution is -0.120. The van der Waals surface area contributed by atoms with E-state index in [4.69, 9.17) is 11.6 Å². The summed E-state index contributed by atoms with van der Waals surface area (Å²) in [7, 11) is -1.01. The molecule has 1 aliphatic rings. The number of amides is 3. The number of sulfonamides is 1. The number of hydrogen-bond acceptors (Lipinski definition) is 4. The van der Waals surface area contributed by atoms with E-state index >= 15 is 0 Å². The summed E-state index contributed by atoms with van der Waals surface area (Å²) in [4.78, 5) is 22.8. The highest BCUT2D eigenvalue weighted by atomic mass is 35.5. The molecule has 1 aromatic rings. The molecule has 1 unspecified atom stereocenters. The number of nitrogens with one attached hydrogen (secondary N) is 2. The van der Waals surface area contributed by atoms with E-state index in [2.05, 4.69) is 10.6 Å². The average molecular weight is 318 g/mol. The molecule has 0 spiro atoms. The van der Waals surface area contributed by atoms with E-state index < -0.39 is 28.0 Å².